The van der Waals surface area contributed by atoms with E-state index in [1.165, 1.54) is 0 Å². The van der Waals surface area contributed by atoms with Gasteiger partial charge in [-0.2, -0.15) is 0 Å². The van der Waals surface area contributed by atoms with Crippen LogP contribution in [0.5, 0.6) is 0 Å². The fourth-order valence-corrected chi connectivity index (χ4v) is 3.26. The number of aliphatic hydroxyl groups excluding tert-OH is 2. The summed E-state index contributed by atoms with van der Waals surface area (Å²) in [6.45, 7) is 7.37. The van der Waals surface area contributed by atoms with Gasteiger partial charge in [-0.3, -0.25) is 0 Å². The molecule has 0 aromatic heterocycles. The van der Waals surface area contributed by atoms with E-state index in [2.05, 4.69) is 19.2 Å². The molecule has 4 N–H and O–H groups in total. The fraction of sp³-hybridized carbons (Fsp3) is 0.667. The Bertz CT molecular complexity index is 596. The summed E-state index contributed by atoms with van der Waals surface area (Å²) in [7, 11) is 0. The molecule has 0 fully saturated rings. The zero-order chi connectivity index (χ0) is 17.3. The molecule has 0 spiro atoms. The Morgan fingerprint density at radius 1 is 1.32 bits per heavy atom. The minimum absolute atomic E-state index is 0. The highest BCUT2D eigenvalue weighted by atomic mass is 35.5. The van der Waals surface area contributed by atoms with Gasteiger partial charge in [-0.05, 0) is 26.3 Å². The van der Waals surface area contributed by atoms with E-state index in [4.69, 9.17) is 14.2 Å². The number of aliphatic hydroxyl groups is 2. The first-order valence-corrected chi connectivity index (χ1v) is 8.77. The van der Waals surface area contributed by atoms with Gasteiger partial charge in [0.2, 0.25) is 5.76 Å². The van der Waals surface area contributed by atoms with Gasteiger partial charge in [0.25, 0.3) is 0 Å². The molecule has 25 heavy (non-hydrogen) atoms. The van der Waals surface area contributed by atoms with Crippen LogP contribution in [0.4, 0.5) is 0 Å². The third-order valence-electron chi connectivity index (χ3n) is 4.48. The van der Waals surface area contributed by atoms with E-state index in [0.29, 0.717) is 49.3 Å². The summed E-state index contributed by atoms with van der Waals surface area (Å²) in [5.41, 5.74) is 1.94. The fourth-order valence-electron chi connectivity index (χ4n) is 3.26. The minimum atomic E-state index is -0.574. The number of quaternary nitrogens is 1. The molecular formula is C18H28ClNO5. The Balaban J connectivity index is 0.00000225. The summed E-state index contributed by atoms with van der Waals surface area (Å²) >= 11 is 0. The number of fused-ring (bicyclic) bond motifs is 1. The highest BCUT2D eigenvalue weighted by Gasteiger charge is 2.38. The molecule has 6 nitrogen and oxygen atoms in total. The maximum atomic E-state index is 10.2. The standard InChI is InChI=1S/C18H27NO5.ClH/c1-10(2)19-8-13(20)9-23-18-16-12(6-11(3)24-16)7-14-15(21)4-5-22-17(14)18;/h10-11,13,19-21H,4-9H2,1-3H3;1H. The van der Waals surface area contributed by atoms with Gasteiger partial charge >= 0.3 is 0 Å². The zero-order valence-electron chi connectivity index (χ0n) is 15.0. The monoisotopic (exact) mass is 373 g/mol. The Labute approximate surface area is 154 Å². The number of nitrogens with two attached hydrogens (primary N) is 1. The molecule has 0 aromatic carbocycles. The van der Waals surface area contributed by atoms with Crippen LogP contribution in [-0.4, -0.2) is 48.2 Å². The molecule has 7 heteroatoms. The molecule has 2 unspecified atom stereocenters. The SMILES string of the molecule is CC(C)[NH2+]CC(O)COC1=C2OCCC(O)=C2CC2=C1OC(C)C2.[Cl-]. The van der Waals surface area contributed by atoms with Crippen LogP contribution in [-0.2, 0) is 14.2 Å². The first-order valence-electron chi connectivity index (χ1n) is 8.77. The van der Waals surface area contributed by atoms with Crippen LogP contribution in [0.15, 0.2) is 34.2 Å². The van der Waals surface area contributed by atoms with Crippen LogP contribution in [0.25, 0.3) is 0 Å². The van der Waals surface area contributed by atoms with Crippen molar-refractivity contribution >= 4 is 0 Å². The van der Waals surface area contributed by atoms with Gasteiger partial charge in [0.15, 0.2) is 11.5 Å². The van der Waals surface area contributed by atoms with Crippen molar-refractivity contribution in [2.24, 2.45) is 0 Å². The molecule has 0 radical (unpaired) electrons. The molecule has 0 saturated heterocycles. The van der Waals surface area contributed by atoms with Crippen molar-refractivity contribution in [3.63, 3.8) is 0 Å². The lowest BCUT2D eigenvalue weighted by molar-refractivity contribution is -0.688. The van der Waals surface area contributed by atoms with Crippen LogP contribution in [0.1, 0.15) is 40.0 Å². The third kappa shape index (κ3) is 4.43. The largest absolute Gasteiger partial charge is 1.00 e. The van der Waals surface area contributed by atoms with Crippen molar-refractivity contribution in [1.29, 1.82) is 0 Å². The van der Waals surface area contributed by atoms with Crippen molar-refractivity contribution in [2.45, 2.75) is 58.3 Å². The smallest absolute Gasteiger partial charge is 0.204 e. The van der Waals surface area contributed by atoms with Gasteiger partial charge < -0.3 is 42.1 Å². The van der Waals surface area contributed by atoms with E-state index in [0.717, 1.165) is 23.3 Å². The molecule has 0 bridgehead atoms. The van der Waals surface area contributed by atoms with E-state index in [9.17, 15) is 10.2 Å². The maximum Gasteiger partial charge on any atom is 0.204 e. The molecule has 1 aliphatic carbocycles. The normalized spacial score (nSPS) is 23.6. The number of rotatable bonds is 6. The van der Waals surface area contributed by atoms with Gasteiger partial charge in [-0.25, -0.2) is 0 Å². The molecular weight excluding hydrogens is 346 g/mol. The van der Waals surface area contributed by atoms with Crippen LogP contribution < -0.4 is 17.7 Å². The number of hydrogen-bond donors (Lipinski definition) is 3. The Morgan fingerprint density at radius 3 is 2.80 bits per heavy atom. The summed E-state index contributed by atoms with van der Waals surface area (Å²) < 4.78 is 17.6. The number of hydrogen-bond acceptors (Lipinski definition) is 5. The zero-order valence-corrected chi connectivity index (χ0v) is 15.8. The molecule has 0 aromatic rings. The molecule has 2 heterocycles. The Kier molecular flexibility index (Phi) is 6.65. The molecule has 142 valence electrons. The van der Waals surface area contributed by atoms with Gasteiger partial charge in [0.1, 0.15) is 25.0 Å². The van der Waals surface area contributed by atoms with Crippen molar-refractivity contribution in [2.75, 3.05) is 19.8 Å². The Morgan fingerprint density at radius 2 is 2.08 bits per heavy atom. The lowest BCUT2D eigenvalue weighted by Crippen LogP contribution is -3.00. The van der Waals surface area contributed by atoms with E-state index in [1.54, 1.807) is 0 Å². The number of halogens is 1. The molecule has 3 aliphatic rings. The average molecular weight is 374 g/mol. The van der Waals surface area contributed by atoms with Crippen LogP contribution in [0, 0.1) is 0 Å². The van der Waals surface area contributed by atoms with Gasteiger partial charge in [0.05, 0.1) is 18.8 Å². The van der Waals surface area contributed by atoms with Crippen molar-refractivity contribution in [1.82, 2.24) is 0 Å². The molecule has 0 amide bonds. The topological polar surface area (TPSA) is 84.8 Å². The van der Waals surface area contributed by atoms with Crippen molar-refractivity contribution in [3.05, 3.63) is 34.2 Å². The molecule has 2 atom stereocenters. The third-order valence-corrected chi connectivity index (χ3v) is 4.48. The lowest BCUT2D eigenvalue weighted by atomic mass is 9.91. The number of ether oxygens (including phenoxy) is 3. The first-order chi connectivity index (χ1) is 11.5. The molecule has 0 saturated carbocycles. The summed E-state index contributed by atoms with van der Waals surface area (Å²) in [6, 6.07) is 0.429. The van der Waals surface area contributed by atoms with Crippen LogP contribution in [0.2, 0.25) is 0 Å². The summed E-state index contributed by atoms with van der Waals surface area (Å²) in [6.07, 6.45) is 1.52. The van der Waals surface area contributed by atoms with Gasteiger partial charge in [-0.1, -0.05) is 0 Å². The predicted octanol–water partition coefficient (Wildman–Crippen LogP) is -1.75. The van der Waals surface area contributed by atoms with Gasteiger partial charge in [0, 0.05) is 24.8 Å². The maximum absolute atomic E-state index is 10.2. The lowest BCUT2D eigenvalue weighted by Gasteiger charge is -2.28. The average Bonchev–Trinajstić information content (AvgIpc) is 2.90. The van der Waals surface area contributed by atoms with E-state index >= 15 is 0 Å². The highest BCUT2D eigenvalue weighted by Crippen LogP contribution is 2.44. The second-order valence-electron chi connectivity index (χ2n) is 7.10. The molecule has 2 aliphatic heterocycles. The van der Waals surface area contributed by atoms with E-state index < -0.39 is 6.10 Å². The van der Waals surface area contributed by atoms with Gasteiger partial charge in [-0.15, -0.1) is 0 Å². The summed E-state index contributed by atoms with van der Waals surface area (Å²) in [5.74, 6) is 2.21. The minimum Gasteiger partial charge on any atom is -1.00 e. The summed E-state index contributed by atoms with van der Waals surface area (Å²) in [4.78, 5) is 0. The summed E-state index contributed by atoms with van der Waals surface area (Å²) in [5, 5.41) is 22.4. The van der Waals surface area contributed by atoms with Crippen molar-refractivity contribution < 1.29 is 42.1 Å². The second kappa shape index (κ2) is 8.34. The van der Waals surface area contributed by atoms with Crippen LogP contribution in [0.3, 0.4) is 0 Å². The quantitative estimate of drug-likeness (QED) is 0.514. The van der Waals surface area contributed by atoms with E-state index in [1.807, 2.05) is 6.92 Å². The molecule has 3 rings (SSSR count). The van der Waals surface area contributed by atoms with Crippen molar-refractivity contribution in [3.8, 4) is 0 Å². The number of allylic oxidation sites excluding steroid dienone is 1. The second-order valence-corrected chi connectivity index (χ2v) is 7.10. The first kappa shape index (κ1) is 19.9. The van der Waals surface area contributed by atoms with E-state index in [-0.39, 0.29) is 25.1 Å². The highest BCUT2D eigenvalue weighted by molar-refractivity contribution is 5.49. The predicted molar refractivity (Wildman–Crippen MR) is 87.9 cm³/mol. The van der Waals surface area contributed by atoms with Crippen LogP contribution >= 0.6 is 0 Å². The Hall–Kier alpha value is -1.37.